The summed E-state index contributed by atoms with van der Waals surface area (Å²) in [6.45, 7) is 0.407. The highest BCUT2D eigenvalue weighted by Crippen LogP contribution is 2.46. The van der Waals surface area contributed by atoms with Crippen LogP contribution in [0, 0.1) is 0 Å². The van der Waals surface area contributed by atoms with Gasteiger partial charge in [-0.2, -0.15) is 13.2 Å². The molecule has 1 aliphatic rings. The Morgan fingerprint density at radius 1 is 1.05 bits per heavy atom. The lowest BCUT2D eigenvalue weighted by atomic mass is 9.95. The highest BCUT2D eigenvalue weighted by Gasteiger charge is 2.35. The molecule has 1 unspecified atom stereocenters. The van der Waals surface area contributed by atoms with Gasteiger partial charge in [-0.3, -0.25) is 4.79 Å². The van der Waals surface area contributed by atoms with Gasteiger partial charge in [0.25, 0.3) is 5.91 Å². The molecule has 1 aliphatic heterocycles. The van der Waals surface area contributed by atoms with E-state index in [0.29, 0.717) is 35.2 Å². The van der Waals surface area contributed by atoms with E-state index in [4.69, 9.17) is 16.3 Å². The zero-order valence-corrected chi connectivity index (χ0v) is 21.5. The number of aromatic amines is 1. The molecule has 0 radical (unpaired) electrons. The number of hydrogen-bond acceptors (Lipinski definition) is 3. The van der Waals surface area contributed by atoms with Crippen molar-refractivity contribution in [2.75, 3.05) is 29.8 Å². The van der Waals surface area contributed by atoms with Gasteiger partial charge in [0.15, 0.2) is 0 Å². The van der Waals surface area contributed by atoms with Crippen molar-refractivity contribution in [2.24, 2.45) is 0 Å². The standard InChI is InChI=1S/C30H23ClF3N3O2/c1-39-21-10-11-24-17(12-21)13-26(36-24)29(38)37-16-18(15-31)28-23-5-3-2-4-22(23)25(14-27(28)37)35-20-8-6-19(7-9-20)30(32,33)34/h2-14,18,35-36H,15-16H2,1H3. The van der Waals surface area contributed by atoms with E-state index in [1.165, 1.54) is 12.1 Å². The van der Waals surface area contributed by atoms with Crippen molar-refractivity contribution < 1.29 is 22.7 Å². The highest BCUT2D eigenvalue weighted by molar-refractivity contribution is 6.19. The number of H-pyrrole nitrogens is 1. The number of carbonyl (C=O) groups is 1. The number of carbonyl (C=O) groups excluding carboxylic acids is 1. The molecule has 1 atom stereocenters. The molecule has 198 valence electrons. The molecule has 5 aromatic rings. The third kappa shape index (κ3) is 4.44. The van der Waals surface area contributed by atoms with Crippen molar-refractivity contribution >= 4 is 56.2 Å². The minimum absolute atomic E-state index is 0.0832. The molecule has 5 nitrogen and oxygen atoms in total. The molecule has 2 heterocycles. The summed E-state index contributed by atoms with van der Waals surface area (Å²) in [5.74, 6) is 0.741. The molecule has 1 amide bonds. The van der Waals surface area contributed by atoms with Crippen molar-refractivity contribution in [1.29, 1.82) is 0 Å². The van der Waals surface area contributed by atoms with E-state index in [2.05, 4.69) is 10.3 Å². The fraction of sp³-hybridized carbons (Fsp3) is 0.167. The maximum absolute atomic E-state index is 13.8. The molecular formula is C30H23ClF3N3O2. The number of ether oxygens (including phenoxy) is 1. The summed E-state index contributed by atoms with van der Waals surface area (Å²) in [4.78, 5) is 18.8. The number of nitrogens with zero attached hydrogens (tertiary/aromatic N) is 1. The van der Waals surface area contributed by atoms with E-state index in [0.717, 1.165) is 45.1 Å². The van der Waals surface area contributed by atoms with E-state index in [1.807, 2.05) is 48.5 Å². The summed E-state index contributed by atoms with van der Waals surface area (Å²) in [5, 5.41) is 5.94. The molecule has 39 heavy (non-hydrogen) atoms. The number of aromatic nitrogens is 1. The van der Waals surface area contributed by atoms with E-state index >= 15 is 0 Å². The Labute approximate surface area is 227 Å². The van der Waals surface area contributed by atoms with Gasteiger partial charge in [-0.05, 0) is 65.5 Å². The number of benzene rings is 4. The quantitative estimate of drug-likeness (QED) is 0.218. The Kier molecular flexibility index (Phi) is 6.14. The normalized spacial score (nSPS) is 15.1. The molecule has 0 aliphatic carbocycles. The minimum Gasteiger partial charge on any atom is -0.497 e. The van der Waals surface area contributed by atoms with Gasteiger partial charge in [0.05, 0.1) is 18.4 Å². The number of amides is 1. The zero-order chi connectivity index (χ0) is 27.3. The fourth-order valence-corrected chi connectivity index (χ4v) is 5.52. The lowest BCUT2D eigenvalue weighted by Crippen LogP contribution is -2.30. The van der Waals surface area contributed by atoms with Gasteiger partial charge in [0.2, 0.25) is 0 Å². The Balaban J connectivity index is 1.43. The number of methoxy groups -OCH3 is 1. The topological polar surface area (TPSA) is 57.4 Å². The van der Waals surface area contributed by atoms with Crippen LogP contribution in [0.25, 0.3) is 21.7 Å². The van der Waals surface area contributed by atoms with Gasteiger partial charge in [-0.1, -0.05) is 24.3 Å². The SMILES string of the molecule is COc1ccc2[nH]c(C(=O)N3CC(CCl)c4c3cc(Nc3ccc(C(F)(F)F)cc3)c3ccccc43)cc2c1. The first-order valence-corrected chi connectivity index (χ1v) is 12.8. The third-order valence-corrected chi connectivity index (χ3v) is 7.52. The van der Waals surface area contributed by atoms with E-state index in [9.17, 15) is 18.0 Å². The van der Waals surface area contributed by atoms with Crippen LogP contribution in [0.15, 0.2) is 78.9 Å². The monoisotopic (exact) mass is 549 g/mol. The largest absolute Gasteiger partial charge is 0.497 e. The van der Waals surface area contributed by atoms with Crippen molar-refractivity contribution in [3.8, 4) is 5.75 Å². The molecule has 4 aromatic carbocycles. The molecule has 6 rings (SSSR count). The van der Waals surface area contributed by atoms with Crippen LogP contribution in [0.3, 0.4) is 0 Å². The van der Waals surface area contributed by atoms with Crippen molar-refractivity contribution in [3.63, 3.8) is 0 Å². The van der Waals surface area contributed by atoms with Crippen LogP contribution in [-0.4, -0.2) is 30.4 Å². The molecule has 9 heteroatoms. The number of alkyl halides is 4. The number of halogens is 4. The Hall–Kier alpha value is -4.17. The number of hydrogen-bond donors (Lipinski definition) is 2. The average Bonchev–Trinajstić information content (AvgIpc) is 3.54. The Bertz CT molecular complexity index is 1710. The van der Waals surface area contributed by atoms with Gasteiger partial charge in [0.1, 0.15) is 11.4 Å². The smallest absolute Gasteiger partial charge is 0.416 e. The second-order valence-corrected chi connectivity index (χ2v) is 9.81. The van der Waals surface area contributed by atoms with Gasteiger partial charge in [-0.25, -0.2) is 0 Å². The lowest BCUT2D eigenvalue weighted by molar-refractivity contribution is -0.137. The van der Waals surface area contributed by atoms with Crippen molar-refractivity contribution in [1.82, 2.24) is 4.98 Å². The summed E-state index contributed by atoms with van der Waals surface area (Å²) in [6.07, 6.45) is -4.41. The van der Waals surface area contributed by atoms with Crippen LogP contribution in [0.2, 0.25) is 0 Å². The van der Waals surface area contributed by atoms with Crippen molar-refractivity contribution in [2.45, 2.75) is 12.1 Å². The second kappa shape index (κ2) is 9.54. The predicted molar refractivity (Wildman–Crippen MR) is 149 cm³/mol. The van der Waals surface area contributed by atoms with E-state index < -0.39 is 11.7 Å². The van der Waals surface area contributed by atoms with Gasteiger partial charge < -0.3 is 19.9 Å². The molecule has 0 saturated heterocycles. The van der Waals surface area contributed by atoms with Gasteiger partial charge in [-0.15, -0.1) is 11.6 Å². The van der Waals surface area contributed by atoms with E-state index in [1.54, 1.807) is 18.1 Å². The molecule has 1 aromatic heterocycles. The first kappa shape index (κ1) is 25.1. The first-order valence-electron chi connectivity index (χ1n) is 12.3. The average molecular weight is 550 g/mol. The van der Waals surface area contributed by atoms with Crippen LogP contribution >= 0.6 is 11.6 Å². The lowest BCUT2D eigenvalue weighted by Gasteiger charge is -2.19. The summed E-state index contributed by atoms with van der Waals surface area (Å²) in [5.41, 5.74) is 3.41. The maximum Gasteiger partial charge on any atom is 0.416 e. The minimum atomic E-state index is -4.41. The number of fused-ring (bicyclic) bond motifs is 4. The maximum atomic E-state index is 13.8. The molecular weight excluding hydrogens is 527 g/mol. The summed E-state index contributed by atoms with van der Waals surface area (Å²) >= 11 is 6.40. The van der Waals surface area contributed by atoms with Crippen LogP contribution in [0.1, 0.15) is 27.5 Å². The number of anilines is 3. The first-order chi connectivity index (χ1) is 18.8. The van der Waals surface area contributed by atoms with Crippen LogP contribution in [-0.2, 0) is 6.18 Å². The molecule has 0 fully saturated rings. The number of nitrogens with one attached hydrogen (secondary N) is 2. The van der Waals surface area contributed by atoms with Crippen LogP contribution in [0.5, 0.6) is 5.75 Å². The fourth-order valence-electron chi connectivity index (χ4n) is 5.26. The zero-order valence-electron chi connectivity index (χ0n) is 20.8. The number of rotatable bonds is 5. The summed E-state index contributed by atoms with van der Waals surface area (Å²) in [7, 11) is 1.59. The second-order valence-electron chi connectivity index (χ2n) is 9.51. The summed E-state index contributed by atoms with van der Waals surface area (Å²) < 4.78 is 44.5. The van der Waals surface area contributed by atoms with Gasteiger partial charge >= 0.3 is 6.18 Å². The molecule has 0 spiro atoms. The molecule has 2 N–H and O–H groups in total. The third-order valence-electron chi connectivity index (χ3n) is 7.15. The van der Waals surface area contributed by atoms with Crippen LogP contribution in [0.4, 0.5) is 30.2 Å². The summed E-state index contributed by atoms with van der Waals surface area (Å²) in [6, 6.07) is 21.9. The molecule has 0 saturated carbocycles. The molecule has 0 bridgehead atoms. The van der Waals surface area contributed by atoms with Gasteiger partial charge in [0, 0.05) is 46.0 Å². The van der Waals surface area contributed by atoms with Crippen LogP contribution < -0.4 is 15.0 Å². The predicted octanol–water partition coefficient (Wildman–Crippen LogP) is 8.07. The van der Waals surface area contributed by atoms with Crippen molar-refractivity contribution in [3.05, 3.63) is 95.7 Å². The highest BCUT2D eigenvalue weighted by atomic mass is 35.5. The Morgan fingerprint density at radius 3 is 2.49 bits per heavy atom. The Morgan fingerprint density at radius 2 is 1.79 bits per heavy atom. The van der Waals surface area contributed by atoms with E-state index in [-0.39, 0.29) is 11.8 Å².